The van der Waals surface area contributed by atoms with Crippen molar-refractivity contribution in [1.29, 1.82) is 0 Å². The van der Waals surface area contributed by atoms with Gasteiger partial charge < -0.3 is 10.1 Å². The molecule has 2 amide bonds. The predicted molar refractivity (Wildman–Crippen MR) is 96.5 cm³/mol. The van der Waals surface area contributed by atoms with Crippen molar-refractivity contribution in [2.24, 2.45) is 0 Å². The highest BCUT2D eigenvalue weighted by molar-refractivity contribution is 8.23. The number of benzene rings is 1. The molecule has 1 heterocycles. The number of carbonyl (C=O) groups excluding carboxylic acids is 3. The van der Waals surface area contributed by atoms with Crippen molar-refractivity contribution in [2.75, 3.05) is 25.4 Å². The molecule has 0 bridgehead atoms. The highest BCUT2D eigenvalue weighted by Gasteiger charge is 2.26. The van der Waals surface area contributed by atoms with Crippen LogP contribution in [0.5, 0.6) is 0 Å². The summed E-state index contributed by atoms with van der Waals surface area (Å²) in [6, 6.07) is 4.37. The number of thiocarbonyl (C=S) groups is 1. The smallest absolute Gasteiger partial charge is 0.340 e. The number of halogens is 2. The van der Waals surface area contributed by atoms with Crippen LogP contribution in [0.1, 0.15) is 10.4 Å². The Kier molecular flexibility index (Phi) is 6.85. The molecule has 0 radical (unpaired) electrons. The quantitative estimate of drug-likeness (QED) is 0.575. The molecule has 0 aliphatic carbocycles. The van der Waals surface area contributed by atoms with E-state index in [9.17, 15) is 14.4 Å². The number of ether oxygens (including phenoxy) is 1. The number of hydrogen-bond acceptors (Lipinski definition) is 6. The van der Waals surface area contributed by atoms with Crippen LogP contribution in [0.15, 0.2) is 18.2 Å². The molecule has 1 aromatic carbocycles. The van der Waals surface area contributed by atoms with E-state index in [1.807, 2.05) is 0 Å². The SMILES string of the molecule is O=C(COC(=O)c1cc(Cl)ccc1Cl)NCCN1C(=O)CSC1=S. The zero-order chi connectivity index (χ0) is 17.7. The lowest BCUT2D eigenvalue weighted by Gasteiger charge is -2.15. The predicted octanol–water partition coefficient (Wildman–Crippen LogP) is 2.13. The summed E-state index contributed by atoms with van der Waals surface area (Å²) in [7, 11) is 0. The van der Waals surface area contributed by atoms with E-state index in [1.165, 1.54) is 34.9 Å². The fourth-order valence-corrected chi connectivity index (χ4v) is 3.31. The summed E-state index contributed by atoms with van der Waals surface area (Å²) < 4.78 is 5.38. The monoisotopic (exact) mass is 406 g/mol. The first-order chi connectivity index (χ1) is 11.4. The van der Waals surface area contributed by atoms with Gasteiger partial charge in [0, 0.05) is 18.1 Å². The van der Waals surface area contributed by atoms with Gasteiger partial charge in [-0.15, -0.1) is 0 Å². The van der Waals surface area contributed by atoms with Crippen LogP contribution in [0.2, 0.25) is 10.0 Å². The molecule has 1 saturated heterocycles. The van der Waals surface area contributed by atoms with Crippen molar-refractivity contribution >= 4 is 69.3 Å². The van der Waals surface area contributed by atoms with Gasteiger partial charge in [-0.25, -0.2) is 4.79 Å². The molecule has 1 fully saturated rings. The zero-order valence-corrected chi connectivity index (χ0v) is 15.4. The number of nitrogens with one attached hydrogen (secondary N) is 1. The van der Waals surface area contributed by atoms with Crippen LogP contribution in [0.25, 0.3) is 0 Å². The number of amides is 2. The lowest BCUT2D eigenvalue weighted by Crippen LogP contribution is -2.38. The minimum Gasteiger partial charge on any atom is -0.452 e. The van der Waals surface area contributed by atoms with Crippen molar-refractivity contribution < 1.29 is 19.1 Å². The molecular formula is C14H12Cl2N2O4S2. The van der Waals surface area contributed by atoms with Crippen molar-refractivity contribution in [1.82, 2.24) is 10.2 Å². The summed E-state index contributed by atoms with van der Waals surface area (Å²) in [4.78, 5) is 36.5. The Morgan fingerprint density at radius 3 is 2.79 bits per heavy atom. The molecule has 24 heavy (non-hydrogen) atoms. The number of esters is 1. The molecule has 0 saturated carbocycles. The average Bonchev–Trinajstić information content (AvgIpc) is 2.86. The fourth-order valence-electron chi connectivity index (χ4n) is 1.82. The Balaban J connectivity index is 1.75. The van der Waals surface area contributed by atoms with Crippen LogP contribution in [-0.4, -0.2) is 52.5 Å². The maximum absolute atomic E-state index is 11.9. The van der Waals surface area contributed by atoms with Crippen LogP contribution in [0.3, 0.4) is 0 Å². The van der Waals surface area contributed by atoms with E-state index < -0.39 is 18.5 Å². The molecule has 6 nitrogen and oxygen atoms in total. The van der Waals surface area contributed by atoms with E-state index in [0.717, 1.165) is 0 Å². The normalized spacial score (nSPS) is 14.0. The molecule has 1 N–H and O–H groups in total. The van der Waals surface area contributed by atoms with Gasteiger partial charge >= 0.3 is 5.97 Å². The third kappa shape index (κ3) is 5.07. The van der Waals surface area contributed by atoms with Gasteiger partial charge in [0.25, 0.3) is 5.91 Å². The Morgan fingerprint density at radius 1 is 1.38 bits per heavy atom. The van der Waals surface area contributed by atoms with Gasteiger partial charge in [0.1, 0.15) is 4.32 Å². The van der Waals surface area contributed by atoms with Gasteiger partial charge in [0.05, 0.1) is 16.3 Å². The second-order valence-corrected chi connectivity index (χ2v) is 7.10. The zero-order valence-electron chi connectivity index (χ0n) is 12.2. The molecule has 1 aromatic rings. The third-order valence-corrected chi connectivity index (χ3v) is 4.98. The Morgan fingerprint density at radius 2 is 2.12 bits per heavy atom. The fraction of sp³-hybridized carbons (Fsp3) is 0.286. The largest absolute Gasteiger partial charge is 0.452 e. The van der Waals surface area contributed by atoms with Crippen LogP contribution in [0, 0.1) is 0 Å². The number of hydrogen-bond donors (Lipinski definition) is 1. The van der Waals surface area contributed by atoms with E-state index in [-0.39, 0.29) is 29.6 Å². The summed E-state index contributed by atoms with van der Waals surface area (Å²) in [5, 5.41) is 3.06. The maximum Gasteiger partial charge on any atom is 0.340 e. The standard InChI is InChI=1S/C14H12Cl2N2O4S2/c15-8-1-2-10(16)9(5-8)13(21)22-6-11(19)17-3-4-18-12(20)7-24-14(18)23/h1-2,5H,3-4,6-7H2,(H,17,19). The van der Waals surface area contributed by atoms with Crippen LogP contribution in [-0.2, 0) is 14.3 Å². The molecule has 0 unspecified atom stereocenters. The molecule has 0 aromatic heterocycles. The summed E-state index contributed by atoms with van der Waals surface area (Å²) in [6.45, 7) is 0.0278. The molecular weight excluding hydrogens is 395 g/mol. The van der Waals surface area contributed by atoms with Crippen molar-refractivity contribution in [3.05, 3.63) is 33.8 Å². The number of thioether (sulfide) groups is 1. The highest BCUT2D eigenvalue weighted by atomic mass is 35.5. The summed E-state index contributed by atoms with van der Waals surface area (Å²) in [5.41, 5.74) is 0.0852. The van der Waals surface area contributed by atoms with Gasteiger partial charge in [0.15, 0.2) is 6.61 Å². The molecule has 0 spiro atoms. The van der Waals surface area contributed by atoms with Gasteiger partial charge in [0.2, 0.25) is 5.91 Å². The Labute approximate surface area is 157 Å². The molecule has 2 rings (SSSR count). The first kappa shape index (κ1) is 19.0. The highest BCUT2D eigenvalue weighted by Crippen LogP contribution is 2.21. The first-order valence-electron chi connectivity index (χ1n) is 6.74. The van der Waals surface area contributed by atoms with Crippen LogP contribution in [0.4, 0.5) is 0 Å². The molecule has 0 atom stereocenters. The van der Waals surface area contributed by atoms with Crippen molar-refractivity contribution in [3.63, 3.8) is 0 Å². The van der Waals surface area contributed by atoms with Gasteiger partial charge in [-0.05, 0) is 18.2 Å². The van der Waals surface area contributed by atoms with E-state index in [1.54, 1.807) is 0 Å². The second kappa shape index (κ2) is 8.66. The second-order valence-electron chi connectivity index (χ2n) is 4.65. The number of rotatable bonds is 6. The maximum atomic E-state index is 11.9. The van der Waals surface area contributed by atoms with Gasteiger partial charge in [-0.3, -0.25) is 14.5 Å². The third-order valence-electron chi connectivity index (χ3n) is 2.98. The van der Waals surface area contributed by atoms with Gasteiger partial charge in [-0.1, -0.05) is 47.2 Å². The van der Waals surface area contributed by atoms with E-state index in [0.29, 0.717) is 15.1 Å². The number of carbonyl (C=O) groups is 3. The first-order valence-corrected chi connectivity index (χ1v) is 8.89. The molecule has 1 aliphatic rings. The molecule has 1 aliphatic heterocycles. The summed E-state index contributed by atoms with van der Waals surface area (Å²) in [6.07, 6.45) is 0. The summed E-state index contributed by atoms with van der Waals surface area (Å²) >= 11 is 18.0. The minimum atomic E-state index is -0.745. The Bertz CT molecular complexity index is 683. The number of nitrogens with zero attached hydrogens (tertiary/aromatic N) is 1. The van der Waals surface area contributed by atoms with E-state index in [4.69, 9.17) is 40.2 Å². The molecule has 10 heteroatoms. The van der Waals surface area contributed by atoms with Gasteiger partial charge in [-0.2, -0.15) is 0 Å². The average molecular weight is 407 g/mol. The lowest BCUT2D eigenvalue weighted by molar-refractivity contribution is -0.126. The lowest BCUT2D eigenvalue weighted by atomic mass is 10.2. The minimum absolute atomic E-state index is 0.0822. The van der Waals surface area contributed by atoms with Crippen molar-refractivity contribution in [2.45, 2.75) is 0 Å². The van der Waals surface area contributed by atoms with Crippen LogP contribution >= 0.6 is 47.2 Å². The van der Waals surface area contributed by atoms with E-state index >= 15 is 0 Å². The Hall–Kier alpha value is -1.35. The van der Waals surface area contributed by atoms with Crippen molar-refractivity contribution in [3.8, 4) is 0 Å². The van der Waals surface area contributed by atoms with Crippen LogP contribution < -0.4 is 5.32 Å². The summed E-state index contributed by atoms with van der Waals surface area (Å²) in [5.74, 6) is -0.997. The topological polar surface area (TPSA) is 75.7 Å². The van der Waals surface area contributed by atoms with E-state index in [2.05, 4.69) is 5.32 Å². The molecule has 128 valence electrons.